The molecular weight excluding hydrogens is 246 g/mol. The Labute approximate surface area is 121 Å². The molecule has 0 radical (unpaired) electrons. The van der Waals surface area contributed by atoms with Crippen molar-refractivity contribution in [2.45, 2.75) is 32.7 Å². The average molecular weight is 269 g/mol. The van der Waals surface area contributed by atoms with Crippen molar-refractivity contribution in [3.05, 3.63) is 60.3 Å². The van der Waals surface area contributed by atoms with Gasteiger partial charge in [-0.2, -0.15) is 0 Å². The molecule has 20 heavy (non-hydrogen) atoms. The van der Waals surface area contributed by atoms with Crippen molar-refractivity contribution in [1.82, 2.24) is 5.32 Å². The van der Waals surface area contributed by atoms with E-state index in [2.05, 4.69) is 31.3 Å². The molecule has 0 aromatic heterocycles. The highest BCUT2D eigenvalue weighted by Crippen LogP contribution is 2.24. The Kier molecular flexibility index (Phi) is 5.16. The van der Waals surface area contributed by atoms with E-state index in [1.807, 2.05) is 30.3 Å². The standard InChI is InChI=1S/C18H23NO/c1-14(2)15-8-10-17(11-9-15)19-13-12-18(20)16-6-4-3-5-7-16/h3-8,10,12-15,17,19H,9,11H2,1-2H3/b13-12-. The van der Waals surface area contributed by atoms with E-state index >= 15 is 0 Å². The van der Waals surface area contributed by atoms with Gasteiger partial charge < -0.3 is 5.32 Å². The van der Waals surface area contributed by atoms with Crippen molar-refractivity contribution in [2.24, 2.45) is 11.8 Å². The summed E-state index contributed by atoms with van der Waals surface area (Å²) in [6.07, 6.45) is 10.3. The lowest BCUT2D eigenvalue weighted by molar-refractivity contribution is 0.104. The van der Waals surface area contributed by atoms with E-state index in [0.29, 0.717) is 17.9 Å². The maximum absolute atomic E-state index is 11.9. The first kappa shape index (κ1) is 14.6. The van der Waals surface area contributed by atoms with Crippen LogP contribution in [0.4, 0.5) is 0 Å². The van der Waals surface area contributed by atoms with Gasteiger partial charge in [0.05, 0.1) is 0 Å². The summed E-state index contributed by atoms with van der Waals surface area (Å²) in [4.78, 5) is 11.9. The van der Waals surface area contributed by atoms with Crippen LogP contribution in [0.15, 0.2) is 54.8 Å². The Bertz CT molecular complexity index is 487. The van der Waals surface area contributed by atoms with Gasteiger partial charge in [-0.3, -0.25) is 4.79 Å². The SMILES string of the molecule is CC(C)C1C=CC(N/C=C\C(=O)c2ccccc2)CC1. The largest absolute Gasteiger partial charge is 0.385 e. The van der Waals surface area contributed by atoms with Crippen LogP contribution in [0.3, 0.4) is 0 Å². The van der Waals surface area contributed by atoms with Gasteiger partial charge in [0.1, 0.15) is 0 Å². The quantitative estimate of drug-likeness (QED) is 0.498. The predicted molar refractivity (Wildman–Crippen MR) is 83.5 cm³/mol. The average Bonchev–Trinajstić information content (AvgIpc) is 2.48. The maximum Gasteiger partial charge on any atom is 0.187 e. The minimum atomic E-state index is 0.0398. The molecule has 1 aromatic carbocycles. The van der Waals surface area contributed by atoms with Crippen LogP contribution in [-0.2, 0) is 0 Å². The smallest absolute Gasteiger partial charge is 0.187 e. The molecular formula is C18H23NO. The lowest BCUT2D eigenvalue weighted by Crippen LogP contribution is -2.27. The highest BCUT2D eigenvalue weighted by atomic mass is 16.1. The van der Waals surface area contributed by atoms with E-state index in [0.717, 1.165) is 12.0 Å². The first-order chi connectivity index (χ1) is 9.66. The first-order valence-corrected chi connectivity index (χ1v) is 7.37. The number of rotatable bonds is 5. The van der Waals surface area contributed by atoms with Gasteiger partial charge in [-0.25, -0.2) is 0 Å². The molecule has 0 aliphatic heterocycles. The summed E-state index contributed by atoms with van der Waals surface area (Å²) in [5, 5.41) is 3.29. The minimum absolute atomic E-state index is 0.0398. The van der Waals surface area contributed by atoms with E-state index < -0.39 is 0 Å². The molecule has 0 spiro atoms. The number of hydrogen-bond donors (Lipinski definition) is 1. The lowest BCUT2D eigenvalue weighted by Gasteiger charge is -2.25. The molecule has 1 N–H and O–H groups in total. The summed E-state index contributed by atoms with van der Waals surface area (Å²) >= 11 is 0. The highest BCUT2D eigenvalue weighted by Gasteiger charge is 2.16. The van der Waals surface area contributed by atoms with Crippen LogP contribution >= 0.6 is 0 Å². The number of benzene rings is 1. The van der Waals surface area contributed by atoms with Crippen molar-refractivity contribution in [1.29, 1.82) is 0 Å². The predicted octanol–water partition coefficient (Wildman–Crippen LogP) is 3.96. The lowest BCUT2D eigenvalue weighted by atomic mass is 9.85. The zero-order valence-corrected chi connectivity index (χ0v) is 12.3. The van der Waals surface area contributed by atoms with Crippen LogP contribution in [0.1, 0.15) is 37.0 Å². The zero-order valence-electron chi connectivity index (χ0n) is 12.3. The summed E-state index contributed by atoms with van der Waals surface area (Å²) in [6.45, 7) is 4.53. The van der Waals surface area contributed by atoms with Crippen LogP contribution in [0.5, 0.6) is 0 Å². The van der Waals surface area contributed by atoms with Crippen molar-refractivity contribution in [2.75, 3.05) is 0 Å². The number of nitrogens with one attached hydrogen (secondary N) is 1. The molecule has 2 rings (SSSR count). The molecule has 106 valence electrons. The third kappa shape index (κ3) is 4.09. The van der Waals surface area contributed by atoms with Crippen LogP contribution < -0.4 is 5.32 Å². The topological polar surface area (TPSA) is 29.1 Å². The minimum Gasteiger partial charge on any atom is -0.385 e. The third-order valence-electron chi connectivity index (χ3n) is 3.86. The van der Waals surface area contributed by atoms with Crippen molar-refractivity contribution >= 4 is 5.78 Å². The summed E-state index contributed by atoms with van der Waals surface area (Å²) in [5.41, 5.74) is 0.726. The second-order valence-electron chi connectivity index (χ2n) is 5.71. The summed E-state index contributed by atoms with van der Waals surface area (Å²) in [5.74, 6) is 1.45. The van der Waals surface area contributed by atoms with Crippen LogP contribution in [0.2, 0.25) is 0 Å². The van der Waals surface area contributed by atoms with Crippen LogP contribution in [-0.4, -0.2) is 11.8 Å². The number of carbonyl (C=O) groups excluding carboxylic acids is 1. The van der Waals surface area contributed by atoms with Gasteiger partial charge in [0.2, 0.25) is 0 Å². The molecule has 0 fully saturated rings. The molecule has 0 saturated heterocycles. The maximum atomic E-state index is 11.9. The molecule has 1 aliphatic rings. The van der Waals surface area contributed by atoms with Gasteiger partial charge in [0, 0.05) is 23.9 Å². The fourth-order valence-electron chi connectivity index (χ4n) is 2.48. The number of allylic oxidation sites excluding steroid dienone is 2. The van der Waals surface area contributed by atoms with Gasteiger partial charge in [0.15, 0.2) is 5.78 Å². The fourth-order valence-corrected chi connectivity index (χ4v) is 2.48. The number of ketones is 1. The summed E-state index contributed by atoms with van der Waals surface area (Å²) < 4.78 is 0. The van der Waals surface area contributed by atoms with E-state index in [9.17, 15) is 4.79 Å². The molecule has 1 aliphatic carbocycles. The van der Waals surface area contributed by atoms with Crippen LogP contribution in [0.25, 0.3) is 0 Å². The zero-order chi connectivity index (χ0) is 14.4. The Balaban J connectivity index is 1.83. The third-order valence-corrected chi connectivity index (χ3v) is 3.86. The van der Waals surface area contributed by atoms with Gasteiger partial charge in [-0.15, -0.1) is 0 Å². The van der Waals surface area contributed by atoms with E-state index in [1.165, 1.54) is 6.42 Å². The molecule has 1 aromatic rings. The van der Waals surface area contributed by atoms with Crippen molar-refractivity contribution in [3.63, 3.8) is 0 Å². The van der Waals surface area contributed by atoms with Crippen LogP contribution in [0, 0.1) is 11.8 Å². The molecule has 0 bridgehead atoms. The normalized spacial score (nSPS) is 22.4. The Morgan fingerprint density at radius 2 is 1.95 bits per heavy atom. The molecule has 0 saturated carbocycles. The first-order valence-electron chi connectivity index (χ1n) is 7.37. The van der Waals surface area contributed by atoms with E-state index in [1.54, 1.807) is 12.3 Å². The molecule has 2 unspecified atom stereocenters. The van der Waals surface area contributed by atoms with E-state index in [4.69, 9.17) is 0 Å². The van der Waals surface area contributed by atoms with Gasteiger partial charge in [-0.1, -0.05) is 56.3 Å². The highest BCUT2D eigenvalue weighted by molar-refractivity contribution is 6.04. The fraction of sp³-hybridized carbons (Fsp3) is 0.389. The molecule has 0 amide bonds. The molecule has 0 heterocycles. The second kappa shape index (κ2) is 7.09. The Morgan fingerprint density at radius 1 is 1.20 bits per heavy atom. The van der Waals surface area contributed by atoms with Gasteiger partial charge in [-0.05, 0) is 24.7 Å². The Morgan fingerprint density at radius 3 is 2.55 bits per heavy atom. The Hall–Kier alpha value is -1.83. The molecule has 2 heteroatoms. The van der Waals surface area contributed by atoms with E-state index in [-0.39, 0.29) is 5.78 Å². The van der Waals surface area contributed by atoms with Crippen molar-refractivity contribution < 1.29 is 4.79 Å². The number of carbonyl (C=O) groups is 1. The van der Waals surface area contributed by atoms with Crippen molar-refractivity contribution in [3.8, 4) is 0 Å². The van der Waals surface area contributed by atoms with Gasteiger partial charge >= 0.3 is 0 Å². The summed E-state index contributed by atoms with van der Waals surface area (Å²) in [6, 6.07) is 9.69. The number of hydrogen-bond acceptors (Lipinski definition) is 2. The van der Waals surface area contributed by atoms with Gasteiger partial charge in [0.25, 0.3) is 0 Å². The molecule has 2 nitrogen and oxygen atoms in total. The second-order valence-corrected chi connectivity index (χ2v) is 5.71. The molecule has 2 atom stereocenters. The monoisotopic (exact) mass is 269 g/mol. The summed E-state index contributed by atoms with van der Waals surface area (Å²) in [7, 11) is 0.